The summed E-state index contributed by atoms with van der Waals surface area (Å²) >= 11 is 0. The molecule has 1 aromatic carbocycles. The maximum absolute atomic E-state index is 12.8. The lowest BCUT2D eigenvalue weighted by Gasteiger charge is -2.20. The lowest BCUT2D eigenvalue weighted by atomic mass is 10.2. The Balaban J connectivity index is 3.10. The predicted octanol–water partition coefficient (Wildman–Crippen LogP) is 2.65. The summed E-state index contributed by atoms with van der Waals surface area (Å²) in [7, 11) is -2.28. The fourth-order valence-electron chi connectivity index (χ4n) is 2.40. The third kappa shape index (κ3) is 4.95. The number of carbonyl (C=O) groups is 1. The van der Waals surface area contributed by atoms with Crippen LogP contribution in [-0.4, -0.2) is 45.4 Å². The van der Waals surface area contributed by atoms with Gasteiger partial charge in [0.05, 0.1) is 7.11 Å². The van der Waals surface area contributed by atoms with Crippen molar-refractivity contribution in [2.24, 2.45) is 0 Å². The average molecular weight is 356 g/mol. The third-order valence-electron chi connectivity index (χ3n) is 3.81. The number of amides is 1. The molecule has 0 atom stereocenters. The van der Waals surface area contributed by atoms with Crippen molar-refractivity contribution in [3.8, 4) is 5.75 Å². The summed E-state index contributed by atoms with van der Waals surface area (Å²) in [6, 6.07) is 4.49. The van der Waals surface area contributed by atoms with Crippen molar-refractivity contribution in [3.63, 3.8) is 0 Å². The van der Waals surface area contributed by atoms with Gasteiger partial charge in [-0.1, -0.05) is 33.6 Å². The molecular weight excluding hydrogens is 328 g/mol. The number of nitrogens with one attached hydrogen (secondary N) is 1. The molecule has 0 heterocycles. The summed E-state index contributed by atoms with van der Waals surface area (Å²) in [6.45, 7) is 6.94. The molecule has 0 aliphatic heterocycles. The van der Waals surface area contributed by atoms with E-state index >= 15 is 0 Å². The van der Waals surface area contributed by atoms with Crippen molar-refractivity contribution < 1.29 is 17.9 Å². The van der Waals surface area contributed by atoms with Gasteiger partial charge in [0.15, 0.2) is 0 Å². The standard InChI is InChI=1S/C17H28N2O4S/c1-5-8-9-12-18-17(20)14-10-11-15(23-4)16(13-14)24(21,22)19(6-2)7-3/h10-11,13H,5-9,12H2,1-4H3,(H,18,20). The normalized spacial score (nSPS) is 11.5. The molecule has 1 aromatic rings. The minimum Gasteiger partial charge on any atom is -0.495 e. The van der Waals surface area contributed by atoms with Gasteiger partial charge < -0.3 is 10.1 Å². The summed E-state index contributed by atoms with van der Waals surface area (Å²) in [5.74, 6) is -0.0332. The van der Waals surface area contributed by atoms with Gasteiger partial charge in [-0.3, -0.25) is 4.79 Å². The van der Waals surface area contributed by atoms with E-state index in [0.29, 0.717) is 25.2 Å². The van der Waals surface area contributed by atoms with Crippen molar-refractivity contribution >= 4 is 15.9 Å². The van der Waals surface area contributed by atoms with Crippen LogP contribution in [0.5, 0.6) is 5.75 Å². The molecule has 0 saturated heterocycles. The summed E-state index contributed by atoms with van der Waals surface area (Å²) in [5, 5.41) is 2.82. The molecule has 0 saturated carbocycles. The number of hydrogen-bond acceptors (Lipinski definition) is 4. The summed E-state index contributed by atoms with van der Waals surface area (Å²) in [4.78, 5) is 12.3. The Hall–Kier alpha value is -1.60. The van der Waals surface area contributed by atoms with E-state index in [1.54, 1.807) is 19.9 Å². The van der Waals surface area contributed by atoms with Gasteiger partial charge in [-0.2, -0.15) is 4.31 Å². The maximum atomic E-state index is 12.8. The number of hydrogen-bond donors (Lipinski definition) is 1. The minimum atomic E-state index is -3.70. The Morgan fingerprint density at radius 1 is 1.17 bits per heavy atom. The van der Waals surface area contributed by atoms with Crippen LogP contribution in [0.25, 0.3) is 0 Å². The number of unbranched alkanes of at least 4 members (excludes halogenated alkanes) is 2. The molecule has 6 nitrogen and oxygen atoms in total. The second-order valence-electron chi connectivity index (χ2n) is 5.42. The van der Waals surface area contributed by atoms with Crippen molar-refractivity contribution in [2.75, 3.05) is 26.7 Å². The Morgan fingerprint density at radius 2 is 1.83 bits per heavy atom. The quantitative estimate of drug-likeness (QED) is 0.654. The Kier molecular flexibility index (Phi) is 8.21. The molecule has 0 fully saturated rings. The first-order valence-corrected chi connectivity index (χ1v) is 9.82. The van der Waals surface area contributed by atoms with Crippen molar-refractivity contribution in [3.05, 3.63) is 23.8 Å². The van der Waals surface area contributed by atoms with Crippen molar-refractivity contribution in [1.29, 1.82) is 0 Å². The zero-order valence-corrected chi connectivity index (χ0v) is 15.8. The molecular formula is C17H28N2O4S. The van der Waals surface area contributed by atoms with Crippen LogP contribution in [-0.2, 0) is 10.0 Å². The second kappa shape index (κ2) is 9.64. The largest absolute Gasteiger partial charge is 0.495 e. The number of methoxy groups -OCH3 is 1. The molecule has 0 unspecified atom stereocenters. The highest BCUT2D eigenvalue weighted by atomic mass is 32.2. The van der Waals surface area contributed by atoms with E-state index in [0.717, 1.165) is 19.3 Å². The van der Waals surface area contributed by atoms with Gasteiger partial charge in [-0.05, 0) is 24.6 Å². The second-order valence-corrected chi connectivity index (χ2v) is 7.32. The molecule has 7 heteroatoms. The molecule has 0 aliphatic carbocycles. The van der Waals surface area contributed by atoms with Crippen LogP contribution in [0.3, 0.4) is 0 Å². The smallest absolute Gasteiger partial charge is 0.251 e. The van der Waals surface area contributed by atoms with Crippen LogP contribution in [0.2, 0.25) is 0 Å². The first-order chi connectivity index (χ1) is 11.4. The van der Waals surface area contributed by atoms with Crippen LogP contribution in [0, 0.1) is 0 Å². The predicted molar refractivity (Wildman–Crippen MR) is 95.0 cm³/mol. The summed E-state index contributed by atoms with van der Waals surface area (Å²) < 4.78 is 32.0. The molecule has 0 radical (unpaired) electrons. The van der Waals surface area contributed by atoms with E-state index < -0.39 is 10.0 Å². The number of carbonyl (C=O) groups excluding carboxylic acids is 1. The topological polar surface area (TPSA) is 75.7 Å². The van der Waals surface area contributed by atoms with Gasteiger partial charge in [0, 0.05) is 25.2 Å². The van der Waals surface area contributed by atoms with Crippen LogP contribution < -0.4 is 10.1 Å². The maximum Gasteiger partial charge on any atom is 0.251 e. The SMILES string of the molecule is CCCCCNC(=O)c1ccc(OC)c(S(=O)(=O)N(CC)CC)c1. The highest BCUT2D eigenvalue weighted by Crippen LogP contribution is 2.27. The third-order valence-corrected chi connectivity index (χ3v) is 5.89. The van der Waals surface area contributed by atoms with E-state index in [9.17, 15) is 13.2 Å². The zero-order valence-electron chi connectivity index (χ0n) is 15.0. The fraction of sp³-hybridized carbons (Fsp3) is 0.588. The number of ether oxygens (including phenoxy) is 1. The summed E-state index contributed by atoms with van der Waals surface area (Å²) in [6.07, 6.45) is 3.03. The van der Waals surface area contributed by atoms with E-state index in [1.807, 2.05) is 0 Å². The van der Waals surface area contributed by atoms with E-state index in [2.05, 4.69) is 12.2 Å². The number of benzene rings is 1. The molecule has 1 N–H and O–H groups in total. The number of sulfonamides is 1. The van der Waals surface area contributed by atoms with Crippen LogP contribution in [0.1, 0.15) is 50.4 Å². The molecule has 0 aromatic heterocycles. The highest BCUT2D eigenvalue weighted by Gasteiger charge is 2.26. The van der Waals surface area contributed by atoms with Crippen molar-refractivity contribution in [1.82, 2.24) is 9.62 Å². The lowest BCUT2D eigenvalue weighted by molar-refractivity contribution is 0.0952. The van der Waals surface area contributed by atoms with Gasteiger partial charge in [-0.15, -0.1) is 0 Å². The zero-order chi connectivity index (χ0) is 18.2. The van der Waals surface area contributed by atoms with Crippen LogP contribution in [0.15, 0.2) is 23.1 Å². The molecule has 1 amide bonds. The van der Waals surface area contributed by atoms with Gasteiger partial charge in [0.2, 0.25) is 10.0 Å². The molecule has 0 aliphatic rings. The van der Waals surface area contributed by atoms with Gasteiger partial charge in [0.1, 0.15) is 10.6 Å². The number of rotatable bonds is 10. The summed E-state index contributed by atoms with van der Waals surface area (Å²) in [5.41, 5.74) is 0.318. The average Bonchev–Trinajstić information content (AvgIpc) is 2.58. The number of nitrogens with zero attached hydrogens (tertiary/aromatic N) is 1. The van der Waals surface area contributed by atoms with E-state index in [-0.39, 0.29) is 16.6 Å². The van der Waals surface area contributed by atoms with Gasteiger partial charge in [-0.25, -0.2) is 8.42 Å². The highest BCUT2D eigenvalue weighted by molar-refractivity contribution is 7.89. The molecule has 136 valence electrons. The Labute approximate surface area is 145 Å². The van der Waals surface area contributed by atoms with Crippen LogP contribution in [0.4, 0.5) is 0 Å². The first-order valence-electron chi connectivity index (χ1n) is 8.38. The van der Waals surface area contributed by atoms with Crippen molar-refractivity contribution in [2.45, 2.75) is 44.9 Å². The van der Waals surface area contributed by atoms with Crippen LogP contribution >= 0.6 is 0 Å². The van der Waals surface area contributed by atoms with E-state index in [4.69, 9.17) is 4.74 Å². The Morgan fingerprint density at radius 3 is 2.38 bits per heavy atom. The molecule has 24 heavy (non-hydrogen) atoms. The molecule has 0 spiro atoms. The lowest BCUT2D eigenvalue weighted by Crippen LogP contribution is -2.31. The first kappa shape index (κ1) is 20.4. The minimum absolute atomic E-state index is 0.0231. The molecule has 0 bridgehead atoms. The molecule has 1 rings (SSSR count). The Bertz CT molecular complexity index is 640. The van der Waals surface area contributed by atoms with E-state index in [1.165, 1.54) is 23.5 Å². The van der Waals surface area contributed by atoms with Gasteiger partial charge in [0.25, 0.3) is 5.91 Å². The fourth-order valence-corrected chi connectivity index (χ4v) is 4.04. The monoisotopic (exact) mass is 356 g/mol. The van der Waals surface area contributed by atoms with Gasteiger partial charge >= 0.3 is 0 Å².